The van der Waals surface area contributed by atoms with Crippen LogP contribution in [0.15, 0.2) is 77.3 Å². The molecule has 0 spiro atoms. The Labute approximate surface area is 290 Å². The second-order valence-electron chi connectivity index (χ2n) is 13.2. The molecule has 4 aromatic heterocycles. The molecule has 7 aromatic rings. The van der Waals surface area contributed by atoms with Crippen molar-refractivity contribution in [2.75, 3.05) is 37.7 Å². The molecule has 0 aliphatic carbocycles. The van der Waals surface area contributed by atoms with Crippen molar-refractivity contribution in [2.24, 2.45) is 0 Å². The van der Waals surface area contributed by atoms with Crippen molar-refractivity contribution in [2.45, 2.75) is 19.1 Å². The van der Waals surface area contributed by atoms with Crippen molar-refractivity contribution in [1.82, 2.24) is 24.6 Å². The number of halogens is 3. The van der Waals surface area contributed by atoms with Crippen molar-refractivity contribution in [3.05, 3.63) is 95.9 Å². The first-order valence-corrected chi connectivity index (χ1v) is 17.9. The summed E-state index contributed by atoms with van der Waals surface area (Å²) in [6.45, 7) is 2.36. The molecule has 0 atom stereocenters. The summed E-state index contributed by atoms with van der Waals surface area (Å²) in [6, 6.07) is 16.9. The van der Waals surface area contributed by atoms with Crippen LogP contribution in [0.4, 0.5) is 18.9 Å². The minimum Gasteiger partial charge on any atom is -0.455 e. The number of pyridine rings is 1. The SMILES string of the molecule is CNC(=O)c1c(-c2ccc(F)cc2)oc2cc(N(C)S(C)(=O)=O)c(-c3cc4c(cn3)nc(CN3CC(C)(F)C3)n3c5cccc(F)c5cc43)cc12. The average molecular weight is 713 g/mol. The van der Waals surface area contributed by atoms with E-state index in [1.807, 2.05) is 9.30 Å². The Morgan fingerprint density at radius 2 is 1.76 bits per heavy atom. The molecule has 1 amide bonds. The third-order valence-electron chi connectivity index (χ3n) is 9.41. The Bertz CT molecular complexity index is 2680. The van der Waals surface area contributed by atoms with Crippen LogP contribution in [0.25, 0.3) is 60.9 Å². The van der Waals surface area contributed by atoms with Crippen LogP contribution in [0.1, 0.15) is 23.1 Å². The summed E-state index contributed by atoms with van der Waals surface area (Å²) < 4.78 is 78.5. The highest BCUT2D eigenvalue weighted by Crippen LogP contribution is 2.42. The normalized spacial score (nSPS) is 14.8. The predicted octanol–water partition coefficient (Wildman–Crippen LogP) is 6.69. The molecule has 1 N–H and O–H groups in total. The Balaban J connectivity index is 1.39. The molecule has 0 unspecified atom stereocenters. The quantitative estimate of drug-likeness (QED) is 0.196. The number of anilines is 1. The molecule has 1 aliphatic heterocycles. The zero-order valence-corrected chi connectivity index (χ0v) is 28.8. The van der Waals surface area contributed by atoms with Gasteiger partial charge in [0.05, 0.1) is 52.5 Å². The molecule has 8 rings (SSSR count). The number of nitrogens with one attached hydrogen (secondary N) is 1. The fourth-order valence-electron chi connectivity index (χ4n) is 6.99. The number of carbonyl (C=O) groups is 1. The number of rotatable bonds is 7. The Hall–Kier alpha value is -5.47. The minimum atomic E-state index is -3.80. The van der Waals surface area contributed by atoms with Crippen molar-refractivity contribution in [1.29, 1.82) is 0 Å². The summed E-state index contributed by atoms with van der Waals surface area (Å²) in [5.41, 5.74) is 2.21. The number of alkyl halides is 1. The number of likely N-dealkylation sites (tertiary alicyclic amines) is 1. The second-order valence-corrected chi connectivity index (χ2v) is 15.2. The van der Waals surface area contributed by atoms with Crippen molar-refractivity contribution >= 4 is 59.9 Å². The summed E-state index contributed by atoms with van der Waals surface area (Å²) in [5, 5.41) is 4.00. The highest BCUT2D eigenvalue weighted by molar-refractivity contribution is 7.92. The van der Waals surface area contributed by atoms with E-state index in [0.717, 1.165) is 10.6 Å². The van der Waals surface area contributed by atoms with Crippen molar-refractivity contribution < 1.29 is 30.8 Å². The second kappa shape index (κ2) is 11.5. The molecule has 1 saturated heterocycles. The number of carbonyl (C=O) groups excluding carboxylic acids is 1. The molecule has 3 aromatic carbocycles. The lowest BCUT2D eigenvalue weighted by Crippen LogP contribution is -2.56. The molecule has 1 aliphatic rings. The fourth-order valence-corrected chi connectivity index (χ4v) is 7.49. The van der Waals surface area contributed by atoms with Crippen LogP contribution in [0.2, 0.25) is 0 Å². The van der Waals surface area contributed by atoms with Gasteiger partial charge in [-0.15, -0.1) is 0 Å². The molecule has 51 heavy (non-hydrogen) atoms. The van der Waals surface area contributed by atoms with E-state index in [0.29, 0.717) is 61.9 Å². The van der Waals surface area contributed by atoms with Crippen LogP contribution >= 0.6 is 0 Å². The van der Waals surface area contributed by atoms with Crippen LogP contribution < -0.4 is 9.62 Å². The van der Waals surface area contributed by atoms with E-state index in [1.54, 1.807) is 43.5 Å². The highest BCUT2D eigenvalue weighted by Gasteiger charge is 2.39. The summed E-state index contributed by atoms with van der Waals surface area (Å²) in [7, 11) is -0.930. The van der Waals surface area contributed by atoms with Gasteiger partial charge in [-0.05, 0) is 61.5 Å². The lowest BCUT2D eigenvalue weighted by molar-refractivity contribution is -0.0240. The molecule has 14 heteroatoms. The van der Waals surface area contributed by atoms with Gasteiger partial charge in [-0.1, -0.05) is 6.07 Å². The summed E-state index contributed by atoms with van der Waals surface area (Å²) in [4.78, 5) is 24.9. The molecule has 0 bridgehead atoms. The average Bonchev–Trinajstić information content (AvgIpc) is 3.66. The number of hydrogen-bond acceptors (Lipinski definition) is 7. The fraction of sp³-hybridized carbons (Fsp3) is 0.216. The lowest BCUT2D eigenvalue weighted by Gasteiger charge is -2.42. The molecule has 1 fully saturated rings. The van der Waals surface area contributed by atoms with Gasteiger partial charge in [0.15, 0.2) is 0 Å². The van der Waals surface area contributed by atoms with Gasteiger partial charge in [-0.3, -0.25) is 23.4 Å². The molecular weight excluding hydrogens is 682 g/mol. The third-order valence-corrected chi connectivity index (χ3v) is 10.6. The molecule has 5 heterocycles. The first kappa shape index (κ1) is 32.7. The zero-order valence-electron chi connectivity index (χ0n) is 28.0. The molecule has 0 radical (unpaired) electrons. The first-order chi connectivity index (χ1) is 24.2. The van der Waals surface area contributed by atoms with Gasteiger partial charge in [-0.2, -0.15) is 0 Å². The smallest absolute Gasteiger partial charge is 0.255 e. The van der Waals surface area contributed by atoms with Gasteiger partial charge in [0, 0.05) is 60.5 Å². The summed E-state index contributed by atoms with van der Waals surface area (Å²) >= 11 is 0. The maximum atomic E-state index is 15.2. The van der Waals surface area contributed by atoms with Gasteiger partial charge in [0.25, 0.3) is 5.91 Å². The molecule has 0 saturated carbocycles. The van der Waals surface area contributed by atoms with E-state index in [9.17, 15) is 22.0 Å². The van der Waals surface area contributed by atoms with Gasteiger partial charge in [0.1, 0.15) is 34.5 Å². The van der Waals surface area contributed by atoms with Gasteiger partial charge < -0.3 is 9.73 Å². The van der Waals surface area contributed by atoms with E-state index < -0.39 is 33.2 Å². The summed E-state index contributed by atoms with van der Waals surface area (Å²) in [5.74, 6) is -0.576. The minimum absolute atomic E-state index is 0.173. The molecule has 10 nitrogen and oxygen atoms in total. The number of aromatic nitrogens is 3. The van der Waals surface area contributed by atoms with Gasteiger partial charge in [0.2, 0.25) is 10.0 Å². The van der Waals surface area contributed by atoms with Crippen molar-refractivity contribution in [3.63, 3.8) is 0 Å². The monoisotopic (exact) mass is 712 g/mol. The number of amides is 1. The summed E-state index contributed by atoms with van der Waals surface area (Å²) in [6.07, 6.45) is 2.63. The van der Waals surface area contributed by atoms with E-state index in [2.05, 4.69) is 5.32 Å². The molecular formula is C37H31F3N6O4S. The van der Waals surface area contributed by atoms with Crippen LogP contribution in [-0.2, 0) is 16.6 Å². The number of nitrogens with zero attached hydrogens (tertiary/aromatic N) is 5. The van der Waals surface area contributed by atoms with E-state index in [1.165, 1.54) is 50.5 Å². The highest BCUT2D eigenvalue weighted by atomic mass is 32.2. The number of fused-ring (bicyclic) bond motifs is 6. The van der Waals surface area contributed by atoms with Crippen LogP contribution in [0.5, 0.6) is 0 Å². The third kappa shape index (κ3) is 5.45. The van der Waals surface area contributed by atoms with Crippen molar-refractivity contribution in [3.8, 4) is 22.6 Å². The van der Waals surface area contributed by atoms with E-state index in [4.69, 9.17) is 14.4 Å². The van der Waals surface area contributed by atoms with E-state index in [-0.39, 0.29) is 35.7 Å². The Morgan fingerprint density at radius 1 is 1.02 bits per heavy atom. The van der Waals surface area contributed by atoms with Gasteiger partial charge >= 0.3 is 0 Å². The largest absolute Gasteiger partial charge is 0.455 e. The van der Waals surface area contributed by atoms with Crippen LogP contribution in [0, 0.1) is 11.6 Å². The maximum Gasteiger partial charge on any atom is 0.255 e. The van der Waals surface area contributed by atoms with Crippen LogP contribution in [-0.4, -0.2) is 72.7 Å². The van der Waals surface area contributed by atoms with E-state index >= 15 is 4.39 Å². The predicted molar refractivity (Wildman–Crippen MR) is 190 cm³/mol. The lowest BCUT2D eigenvalue weighted by atomic mass is 9.99. The Morgan fingerprint density at radius 3 is 2.45 bits per heavy atom. The number of sulfonamides is 1. The van der Waals surface area contributed by atoms with Crippen LogP contribution in [0.3, 0.4) is 0 Å². The topological polar surface area (TPSA) is 113 Å². The first-order valence-electron chi connectivity index (χ1n) is 16.0. The Kier molecular flexibility index (Phi) is 7.40. The number of hydrogen-bond donors (Lipinski definition) is 1. The maximum absolute atomic E-state index is 15.2. The number of furan rings is 1. The molecule has 260 valence electrons. The standard InChI is InChI=1S/C37H31F3N6O4S/c1-37(40)18-45(19-37)17-33-43-28-16-42-27(13-24(28)31-14-22-26(39)6-5-7-29(22)46(31)33)23-12-25-32(15-30(23)44(3)51(4,48)49)50-35(34(25)36(47)41-2)20-8-10-21(38)11-9-20/h5-16H,17-19H2,1-4H3,(H,41,47). The number of benzene rings is 3. The zero-order chi connectivity index (χ0) is 36.0. The van der Waals surface area contributed by atoms with Gasteiger partial charge in [-0.25, -0.2) is 26.6 Å².